The molecule has 2 N–H and O–H groups in total. The summed E-state index contributed by atoms with van der Waals surface area (Å²) in [5.41, 5.74) is 8.38. The molecule has 0 aliphatic rings. The number of rotatable bonds is 2. The van der Waals surface area contributed by atoms with Crippen molar-refractivity contribution in [1.82, 2.24) is 0 Å². The number of nitrogen functional groups attached to an aromatic ring is 1. The number of esters is 1. The van der Waals surface area contributed by atoms with Gasteiger partial charge in [0.2, 0.25) is 0 Å². The third kappa shape index (κ3) is 2.06. The smallest absolute Gasteiger partial charge is 0.348 e. The first-order valence-corrected chi connectivity index (χ1v) is 5.61. The summed E-state index contributed by atoms with van der Waals surface area (Å²) in [5.74, 6) is -0.299. The topological polar surface area (TPSA) is 52.3 Å². The van der Waals surface area contributed by atoms with E-state index >= 15 is 0 Å². The lowest BCUT2D eigenvalue weighted by atomic mass is 10.1. The van der Waals surface area contributed by atoms with Gasteiger partial charge in [-0.15, -0.1) is 11.3 Å². The summed E-state index contributed by atoms with van der Waals surface area (Å²) in [5, 5.41) is 1.93. The Balaban J connectivity index is 2.31. The van der Waals surface area contributed by atoms with Gasteiger partial charge in [-0.25, -0.2) is 4.79 Å². The fraction of sp³-hybridized carbons (Fsp3) is 0.0833. The second-order valence-corrected chi connectivity index (χ2v) is 4.22. The van der Waals surface area contributed by atoms with Gasteiger partial charge in [-0.1, -0.05) is 12.1 Å². The SMILES string of the molecule is COC(=O)c1cc(-c2ccc(N)cc2)cs1. The molecule has 16 heavy (non-hydrogen) atoms. The van der Waals surface area contributed by atoms with Crippen LogP contribution in [0.15, 0.2) is 35.7 Å². The van der Waals surface area contributed by atoms with Crippen LogP contribution < -0.4 is 5.73 Å². The first-order valence-electron chi connectivity index (χ1n) is 4.73. The maximum atomic E-state index is 11.3. The number of ether oxygens (including phenoxy) is 1. The molecule has 82 valence electrons. The third-order valence-electron chi connectivity index (χ3n) is 2.23. The summed E-state index contributed by atoms with van der Waals surface area (Å²) in [4.78, 5) is 11.9. The van der Waals surface area contributed by atoms with Crippen molar-refractivity contribution in [3.63, 3.8) is 0 Å². The van der Waals surface area contributed by atoms with Crippen LogP contribution in [0.1, 0.15) is 9.67 Å². The Bertz CT molecular complexity index is 502. The second-order valence-electron chi connectivity index (χ2n) is 3.31. The van der Waals surface area contributed by atoms with E-state index in [4.69, 9.17) is 5.73 Å². The number of methoxy groups -OCH3 is 1. The highest BCUT2D eigenvalue weighted by Gasteiger charge is 2.09. The summed E-state index contributed by atoms with van der Waals surface area (Å²) in [6, 6.07) is 9.36. The first-order chi connectivity index (χ1) is 7.70. The molecule has 0 amide bonds. The standard InChI is InChI=1S/C12H11NO2S/c1-15-12(14)11-6-9(7-16-11)8-2-4-10(13)5-3-8/h2-7H,13H2,1H3. The molecule has 2 aromatic rings. The van der Waals surface area contributed by atoms with Gasteiger partial charge in [-0.05, 0) is 34.7 Å². The van der Waals surface area contributed by atoms with Crippen molar-refractivity contribution < 1.29 is 9.53 Å². The fourth-order valence-electron chi connectivity index (χ4n) is 1.37. The van der Waals surface area contributed by atoms with E-state index in [0.29, 0.717) is 4.88 Å². The first kappa shape index (κ1) is 10.7. The van der Waals surface area contributed by atoms with Gasteiger partial charge in [0.25, 0.3) is 0 Å². The van der Waals surface area contributed by atoms with Crippen LogP contribution in [0.2, 0.25) is 0 Å². The lowest BCUT2D eigenvalue weighted by Crippen LogP contribution is -1.96. The Morgan fingerprint density at radius 1 is 1.25 bits per heavy atom. The number of anilines is 1. The van der Waals surface area contributed by atoms with E-state index in [0.717, 1.165) is 16.8 Å². The molecule has 0 unspecified atom stereocenters. The zero-order valence-corrected chi connectivity index (χ0v) is 9.58. The number of thiophene rings is 1. The molecule has 0 aliphatic heterocycles. The van der Waals surface area contributed by atoms with Crippen LogP contribution in [0.25, 0.3) is 11.1 Å². The van der Waals surface area contributed by atoms with Crippen molar-refractivity contribution in [1.29, 1.82) is 0 Å². The number of hydrogen-bond donors (Lipinski definition) is 1. The Kier molecular flexibility index (Phi) is 2.92. The van der Waals surface area contributed by atoms with Crippen LogP contribution in [0.3, 0.4) is 0 Å². The number of benzene rings is 1. The minimum atomic E-state index is -0.299. The van der Waals surface area contributed by atoms with Crippen molar-refractivity contribution in [2.24, 2.45) is 0 Å². The molecule has 1 aromatic heterocycles. The van der Waals surface area contributed by atoms with Crippen molar-refractivity contribution in [2.75, 3.05) is 12.8 Å². The minimum Gasteiger partial charge on any atom is -0.465 e. The number of carbonyl (C=O) groups is 1. The molecular weight excluding hydrogens is 222 g/mol. The van der Waals surface area contributed by atoms with Crippen LogP contribution in [-0.4, -0.2) is 13.1 Å². The normalized spacial score (nSPS) is 10.1. The molecule has 0 fully saturated rings. The monoisotopic (exact) mass is 233 g/mol. The Labute approximate surface area is 97.5 Å². The largest absolute Gasteiger partial charge is 0.465 e. The molecule has 2 rings (SSSR count). The summed E-state index contributed by atoms with van der Waals surface area (Å²) in [6.07, 6.45) is 0. The van der Waals surface area contributed by atoms with Crippen LogP contribution in [0, 0.1) is 0 Å². The van der Waals surface area contributed by atoms with Crippen LogP contribution in [-0.2, 0) is 4.74 Å². The number of nitrogens with two attached hydrogens (primary N) is 1. The van der Waals surface area contributed by atoms with E-state index < -0.39 is 0 Å². The molecule has 0 aliphatic carbocycles. The van der Waals surface area contributed by atoms with Gasteiger partial charge in [0.1, 0.15) is 4.88 Å². The van der Waals surface area contributed by atoms with Crippen LogP contribution >= 0.6 is 11.3 Å². The van der Waals surface area contributed by atoms with Crippen molar-refractivity contribution >= 4 is 23.0 Å². The fourth-order valence-corrected chi connectivity index (χ4v) is 2.20. The maximum absolute atomic E-state index is 11.3. The minimum absolute atomic E-state index is 0.299. The predicted molar refractivity (Wildman–Crippen MR) is 65.5 cm³/mol. The Hall–Kier alpha value is -1.81. The maximum Gasteiger partial charge on any atom is 0.348 e. The van der Waals surface area contributed by atoms with E-state index in [1.54, 1.807) is 0 Å². The van der Waals surface area contributed by atoms with Crippen molar-refractivity contribution in [2.45, 2.75) is 0 Å². The molecule has 4 heteroatoms. The van der Waals surface area contributed by atoms with E-state index in [9.17, 15) is 4.79 Å². The third-order valence-corrected chi connectivity index (χ3v) is 3.14. The quantitative estimate of drug-likeness (QED) is 0.641. The summed E-state index contributed by atoms with van der Waals surface area (Å²) >= 11 is 1.38. The molecule has 1 aromatic carbocycles. The molecule has 0 saturated heterocycles. The molecule has 0 atom stereocenters. The lowest BCUT2D eigenvalue weighted by Gasteiger charge is -1.97. The highest BCUT2D eigenvalue weighted by molar-refractivity contribution is 7.12. The molecule has 0 radical (unpaired) electrons. The van der Waals surface area contributed by atoms with Gasteiger partial charge in [-0.2, -0.15) is 0 Å². The zero-order chi connectivity index (χ0) is 11.5. The van der Waals surface area contributed by atoms with E-state index in [1.807, 2.05) is 35.7 Å². The molecule has 0 saturated carbocycles. The van der Waals surface area contributed by atoms with Gasteiger partial charge < -0.3 is 10.5 Å². The summed E-state index contributed by atoms with van der Waals surface area (Å²) < 4.78 is 4.66. The van der Waals surface area contributed by atoms with Crippen molar-refractivity contribution in [3.05, 3.63) is 40.6 Å². The van der Waals surface area contributed by atoms with Gasteiger partial charge >= 0.3 is 5.97 Å². The highest BCUT2D eigenvalue weighted by Crippen LogP contribution is 2.26. The van der Waals surface area contributed by atoms with Crippen LogP contribution in [0.4, 0.5) is 5.69 Å². The van der Waals surface area contributed by atoms with E-state index in [1.165, 1.54) is 18.4 Å². The zero-order valence-electron chi connectivity index (χ0n) is 8.77. The average Bonchev–Trinajstić information content (AvgIpc) is 2.78. The van der Waals surface area contributed by atoms with Crippen molar-refractivity contribution in [3.8, 4) is 11.1 Å². The summed E-state index contributed by atoms with van der Waals surface area (Å²) in [6.45, 7) is 0. The highest BCUT2D eigenvalue weighted by atomic mass is 32.1. The van der Waals surface area contributed by atoms with Crippen LogP contribution in [0.5, 0.6) is 0 Å². The van der Waals surface area contributed by atoms with Gasteiger partial charge in [0.15, 0.2) is 0 Å². The predicted octanol–water partition coefficient (Wildman–Crippen LogP) is 2.78. The molecule has 0 bridgehead atoms. The molecule has 3 nitrogen and oxygen atoms in total. The van der Waals surface area contributed by atoms with Gasteiger partial charge in [0, 0.05) is 5.69 Å². The second kappa shape index (κ2) is 4.37. The number of hydrogen-bond acceptors (Lipinski definition) is 4. The van der Waals surface area contributed by atoms with E-state index in [2.05, 4.69) is 4.74 Å². The van der Waals surface area contributed by atoms with Gasteiger partial charge in [0.05, 0.1) is 7.11 Å². The van der Waals surface area contributed by atoms with E-state index in [-0.39, 0.29) is 5.97 Å². The lowest BCUT2D eigenvalue weighted by molar-refractivity contribution is 0.0606. The Morgan fingerprint density at radius 2 is 1.94 bits per heavy atom. The van der Waals surface area contributed by atoms with Gasteiger partial charge in [-0.3, -0.25) is 0 Å². The Morgan fingerprint density at radius 3 is 2.56 bits per heavy atom. The molecular formula is C12H11NO2S. The molecule has 1 heterocycles. The molecule has 0 spiro atoms. The average molecular weight is 233 g/mol. The number of carbonyl (C=O) groups excluding carboxylic acids is 1. The summed E-state index contributed by atoms with van der Waals surface area (Å²) in [7, 11) is 1.38.